The van der Waals surface area contributed by atoms with Gasteiger partial charge < -0.3 is 14.6 Å². The van der Waals surface area contributed by atoms with Crippen molar-refractivity contribution in [3.8, 4) is 5.75 Å². The largest absolute Gasteiger partial charge is 0.507 e. The fourth-order valence-corrected chi connectivity index (χ4v) is 1.60. The van der Waals surface area contributed by atoms with Crippen molar-refractivity contribution in [3.05, 3.63) is 42.2 Å². The molecule has 18 heavy (non-hydrogen) atoms. The summed E-state index contributed by atoms with van der Waals surface area (Å²) >= 11 is 0. The summed E-state index contributed by atoms with van der Waals surface area (Å²) in [5.41, 5.74) is 1.75. The van der Waals surface area contributed by atoms with Crippen molar-refractivity contribution in [2.75, 3.05) is 0 Å². The van der Waals surface area contributed by atoms with Gasteiger partial charge in [0, 0.05) is 23.1 Å². The summed E-state index contributed by atoms with van der Waals surface area (Å²) in [5, 5.41) is 19.1. The van der Waals surface area contributed by atoms with Gasteiger partial charge in [-0.05, 0) is 30.7 Å². The van der Waals surface area contributed by atoms with Crippen LogP contribution in [0.15, 0.2) is 35.3 Å². The summed E-state index contributed by atoms with van der Waals surface area (Å²) in [6.45, 7) is 5.60. The molecule has 0 bridgehead atoms. The zero-order valence-corrected chi connectivity index (χ0v) is 9.80. The molecule has 4 nitrogen and oxygen atoms in total. The molecule has 1 aromatic carbocycles. The van der Waals surface area contributed by atoms with Crippen LogP contribution in [0.25, 0.3) is 22.6 Å². The number of phenols is 1. The fraction of sp³-hybridized carbons (Fsp3) is 0.0714. The lowest BCUT2D eigenvalue weighted by molar-refractivity contribution is -0.131. The Labute approximate surface area is 103 Å². The van der Waals surface area contributed by atoms with Gasteiger partial charge in [0.1, 0.15) is 17.1 Å². The number of carboxylic acids is 1. The molecule has 92 valence electrons. The molecule has 2 rings (SSSR count). The lowest BCUT2D eigenvalue weighted by Crippen LogP contribution is -1.85. The molecule has 0 atom stereocenters. The number of aliphatic carboxylic acids is 1. The van der Waals surface area contributed by atoms with Gasteiger partial charge in [-0.1, -0.05) is 6.58 Å². The molecule has 0 radical (unpaired) electrons. The predicted molar refractivity (Wildman–Crippen MR) is 69.3 cm³/mol. The molecule has 1 aromatic heterocycles. The van der Waals surface area contributed by atoms with Crippen LogP contribution in [-0.2, 0) is 4.79 Å². The van der Waals surface area contributed by atoms with E-state index in [-0.39, 0.29) is 5.75 Å². The summed E-state index contributed by atoms with van der Waals surface area (Å²) in [6, 6.07) is 4.93. The van der Waals surface area contributed by atoms with E-state index in [1.807, 2.05) is 6.92 Å². The molecule has 0 aliphatic rings. The maximum absolute atomic E-state index is 10.4. The smallest absolute Gasteiger partial charge is 0.328 e. The zero-order chi connectivity index (χ0) is 13.3. The Morgan fingerprint density at radius 2 is 2.11 bits per heavy atom. The average molecular weight is 244 g/mol. The molecule has 0 saturated heterocycles. The Bertz CT molecular complexity index is 662. The molecule has 0 aliphatic carbocycles. The molecule has 0 aliphatic heterocycles. The highest BCUT2D eigenvalue weighted by atomic mass is 16.4. The monoisotopic (exact) mass is 244 g/mol. The van der Waals surface area contributed by atoms with Crippen LogP contribution in [-0.4, -0.2) is 16.2 Å². The molecular weight excluding hydrogens is 232 g/mol. The summed E-state index contributed by atoms with van der Waals surface area (Å²) < 4.78 is 5.49. The minimum atomic E-state index is -1.07. The summed E-state index contributed by atoms with van der Waals surface area (Å²) in [6.07, 6.45) is 2.31. The van der Waals surface area contributed by atoms with Gasteiger partial charge in [0.05, 0.1) is 0 Å². The predicted octanol–water partition coefficient (Wildman–Crippen LogP) is 3.27. The van der Waals surface area contributed by atoms with Gasteiger partial charge in [-0.15, -0.1) is 0 Å². The maximum Gasteiger partial charge on any atom is 0.328 e. The maximum atomic E-state index is 10.4. The van der Waals surface area contributed by atoms with E-state index in [9.17, 15) is 9.90 Å². The third-order valence-corrected chi connectivity index (χ3v) is 2.49. The second-order valence-corrected chi connectivity index (χ2v) is 4.01. The Hall–Kier alpha value is -2.49. The van der Waals surface area contributed by atoms with Gasteiger partial charge in [-0.3, -0.25) is 0 Å². The Morgan fingerprint density at radius 3 is 2.72 bits per heavy atom. The third-order valence-electron chi connectivity index (χ3n) is 2.49. The van der Waals surface area contributed by atoms with Gasteiger partial charge in [-0.25, -0.2) is 4.79 Å². The Morgan fingerprint density at radius 1 is 1.39 bits per heavy atom. The topological polar surface area (TPSA) is 70.7 Å². The molecule has 0 amide bonds. The number of hydrogen-bond acceptors (Lipinski definition) is 3. The van der Waals surface area contributed by atoms with E-state index in [0.29, 0.717) is 16.9 Å². The first kappa shape index (κ1) is 12.0. The van der Waals surface area contributed by atoms with E-state index in [1.165, 1.54) is 12.1 Å². The number of rotatable bonds is 3. The van der Waals surface area contributed by atoms with E-state index < -0.39 is 5.97 Å². The first-order valence-electron chi connectivity index (χ1n) is 5.31. The number of benzene rings is 1. The lowest BCUT2D eigenvalue weighted by Gasteiger charge is -1.98. The van der Waals surface area contributed by atoms with Crippen LogP contribution in [0, 0.1) is 0 Å². The van der Waals surface area contributed by atoms with Gasteiger partial charge in [0.15, 0.2) is 0 Å². The van der Waals surface area contributed by atoms with Crippen molar-refractivity contribution in [1.82, 2.24) is 0 Å². The number of hydrogen-bond donors (Lipinski definition) is 2. The molecule has 0 saturated carbocycles. The second-order valence-electron chi connectivity index (χ2n) is 4.01. The highest BCUT2D eigenvalue weighted by Gasteiger charge is 2.08. The fourth-order valence-electron chi connectivity index (χ4n) is 1.60. The molecular formula is C14H12O4. The minimum absolute atomic E-state index is 0.0254. The number of carboxylic acid groups (broad SMARTS) is 1. The van der Waals surface area contributed by atoms with Gasteiger partial charge in [-0.2, -0.15) is 0 Å². The Kier molecular flexibility index (Phi) is 2.93. The number of furan rings is 1. The summed E-state index contributed by atoms with van der Waals surface area (Å²) in [4.78, 5) is 10.4. The highest BCUT2D eigenvalue weighted by Crippen LogP contribution is 2.30. The van der Waals surface area contributed by atoms with Crippen molar-refractivity contribution >= 4 is 28.6 Å². The number of fused-ring (bicyclic) bond motifs is 1. The zero-order valence-electron chi connectivity index (χ0n) is 9.80. The molecule has 2 N–H and O–H groups in total. The van der Waals surface area contributed by atoms with E-state index in [2.05, 4.69) is 6.58 Å². The van der Waals surface area contributed by atoms with Crippen LogP contribution in [0.4, 0.5) is 0 Å². The van der Waals surface area contributed by atoms with Crippen molar-refractivity contribution in [3.63, 3.8) is 0 Å². The standard InChI is InChI=1S/C14H12O4/c1-8(2)12-6-10-5-9(3-4-14(16)17)11(15)7-13(10)18-12/h3-7,15H,1H2,2H3,(H,16,17)/b4-3+. The van der Waals surface area contributed by atoms with Gasteiger partial charge >= 0.3 is 5.97 Å². The third kappa shape index (κ3) is 2.27. The number of carbonyl (C=O) groups is 1. The van der Waals surface area contributed by atoms with E-state index in [4.69, 9.17) is 9.52 Å². The van der Waals surface area contributed by atoms with Crippen molar-refractivity contribution in [2.24, 2.45) is 0 Å². The highest BCUT2D eigenvalue weighted by molar-refractivity contribution is 5.89. The molecule has 0 unspecified atom stereocenters. The molecule has 0 fully saturated rings. The van der Waals surface area contributed by atoms with Gasteiger partial charge in [0.2, 0.25) is 0 Å². The average Bonchev–Trinajstić information content (AvgIpc) is 2.68. The van der Waals surface area contributed by atoms with E-state index in [0.717, 1.165) is 17.0 Å². The van der Waals surface area contributed by atoms with Crippen LogP contribution < -0.4 is 0 Å². The summed E-state index contributed by atoms with van der Waals surface area (Å²) in [7, 11) is 0. The molecule has 0 spiro atoms. The number of allylic oxidation sites excluding steroid dienone is 1. The van der Waals surface area contributed by atoms with E-state index >= 15 is 0 Å². The van der Waals surface area contributed by atoms with Crippen LogP contribution in [0.3, 0.4) is 0 Å². The van der Waals surface area contributed by atoms with Crippen molar-refractivity contribution < 1.29 is 19.4 Å². The Balaban J connectivity index is 2.53. The van der Waals surface area contributed by atoms with Gasteiger partial charge in [0.25, 0.3) is 0 Å². The van der Waals surface area contributed by atoms with Crippen LogP contribution >= 0.6 is 0 Å². The number of aromatic hydroxyl groups is 1. The quantitative estimate of drug-likeness (QED) is 0.813. The van der Waals surface area contributed by atoms with Crippen molar-refractivity contribution in [2.45, 2.75) is 6.92 Å². The van der Waals surface area contributed by atoms with Crippen LogP contribution in [0.1, 0.15) is 18.2 Å². The SMILES string of the molecule is C=C(C)c1cc2cc(/C=C/C(=O)O)c(O)cc2o1. The van der Waals surface area contributed by atoms with Crippen LogP contribution in [0.5, 0.6) is 5.75 Å². The normalized spacial score (nSPS) is 11.2. The lowest BCUT2D eigenvalue weighted by atomic mass is 10.1. The first-order chi connectivity index (χ1) is 8.47. The summed E-state index contributed by atoms with van der Waals surface area (Å²) in [5.74, 6) is -0.448. The molecule has 2 aromatic rings. The second kappa shape index (κ2) is 4.41. The minimum Gasteiger partial charge on any atom is -0.507 e. The molecule has 1 heterocycles. The van der Waals surface area contributed by atoms with E-state index in [1.54, 1.807) is 12.1 Å². The van der Waals surface area contributed by atoms with Crippen LogP contribution in [0.2, 0.25) is 0 Å². The number of phenolic OH excluding ortho intramolecular Hbond substituents is 1. The first-order valence-corrected chi connectivity index (χ1v) is 5.31. The van der Waals surface area contributed by atoms with Crippen molar-refractivity contribution in [1.29, 1.82) is 0 Å². The molecule has 4 heteroatoms.